The number of piperidine rings is 1. The second-order valence-electron chi connectivity index (χ2n) is 9.36. The number of hydrogen-bond acceptors (Lipinski definition) is 5. The Labute approximate surface area is 192 Å². The predicted octanol–water partition coefficient (Wildman–Crippen LogP) is 3.17. The highest BCUT2D eigenvalue weighted by molar-refractivity contribution is 6.88. The lowest BCUT2D eigenvalue weighted by Crippen LogP contribution is -2.41. The number of methoxy groups -OCH3 is 1. The fourth-order valence-electron chi connectivity index (χ4n) is 3.82. The minimum absolute atomic E-state index is 0.0928. The number of rotatable bonds is 9. The molecule has 3 rings (SSSR count). The van der Waals surface area contributed by atoms with E-state index >= 15 is 0 Å². The molecule has 1 atom stereocenters. The summed E-state index contributed by atoms with van der Waals surface area (Å²) in [7, 11) is 0.249. The molecule has 0 saturated carbocycles. The van der Waals surface area contributed by atoms with E-state index in [-0.39, 0.29) is 5.91 Å². The van der Waals surface area contributed by atoms with Crippen molar-refractivity contribution < 1.29 is 14.3 Å². The summed E-state index contributed by atoms with van der Waals surface area (Å²) in [6.07, 6.45) is 1.24. The van der Waals surface area contributed by atoms with Crippen molar-refractivity contribution in [1.82, 2.24) is 10.2 Å². The molecule has 0 aromatic heterocycles. The lowest BCUT2D eigenvalue weighted by Gasteiger charge is -2.27. The number of hydrogen-bond donors (Lipinski definition) is 2. The summed E-state index contributed by atoms with van der Waals surface area (Å²) < 4.78 is 5.26. The molecule has 1 amide bonds. The SMILES string of the molecule is COc1ccc(C(NCCN2CCC(=O)CC2)C(=O)Nc2ccc([Si](C)(C)C)cc2)cc1. The highest BCUT2D eigenvalue weighted by atomic mass is 28.3. The molecule has 172 valence electrons. The largest absolute Gasteiger partial charge is 0.497 e. The summed E-state index contributed by atoms with van der Waals surface area (Å²) in [4.78, 5) is 27.0. The molecule has 1 fully saturated rings. The molecule has 1 aliphatic rings. The van der Waals surface area contributed by atoms with Crippen molar-refractivity contribution in [3.05, 3.63) is 54.1 Å². The third-order valence-corrected chi connectivity index (χ3v) is 7.99. The number of nitrogens with zero attached hydrogens (tertiary/aromatic N) is 1. The molecule has 2 N–H and O–H groups in total. The third-order valence-electron chi connectivity index (χ3n) is 5.92. The molecule has 0 spiro atoms. The van der Waals surface area contributed by atoms with Gasteiger partial charge in [0.1, 0.15) is 17.6 Å². The molecular formula is C25H35N3O3Si. The molecule has 2 aromatic carbocycles. The predicted molar refractivity (Wildman–Crippen MR) is 132 cm³/mol. The smallest absolute Gasteiger partial charge is 0.246 e. The van der Waals surface area contributed by atoms with Gasteiger partial charge in [-0.1, -0.05) is 49.1 Å². The van der Waals surface area contributed by atoms with Gasteiger partial charge < -0.3 is 20.3 Å². The summed E-state index contributed by atoms with van der Waals surface area (Å²) in [6, 6.07) is 15.3. The lowest BCUT2D eigenvalue weighted by molar-refractivity contribution is -0.121. The minimum Gasteiger partial charge on any atom is -0.497 e. The van der Waals surface area contributed by atoms with Gasteiger partial charge in [0.25, 0.3) is 0 Å². The Morgan fingerprint density at radius 1 is 1.03 bits per heavy atom. The number of ether oxygens (including phenoxy) is 1. The number of carbonyl (C=O) groups excluding carboxylic acids is 2. The maximum absolute atomic E-state index is 13.2. The Morgan fingerprint density at radius 2 is 1.66 bits per heavy atom. The molecular weight excluding hydrogens is 418 g/mol. The fraction of sp³-hybridized carbons (Fsp3) is 0.440. The van der Waals surface area contributed by atoms with Gasteiger partial charge in [0.05, 0.1) is 15.2 Å². The summed E-state index contributed by atoms with van der Waals surface area (Å²) in [5.41, 5.74) is 1.68. The summed E-state index contributed by atoms with van der Waals surface area (Å²) >= 11 is 0. The quantitative estimate of drug-likeness (QED) is 0.571. The van der Waals surface area contributed by atoms with Crippen molar-refractivity contribution in [2.45, 2.75) is 38.5 Å². The maximum Gasteiger partial charge on any atom is 0.246 e. The Hall–Kier alpha value is -2.48. The molecule has 0 radical (unpaired) electrons. The van der Waals surface area contributed by atoms with Gasteiger partial charge in [-0.2, -0.15) is 0 Å². The molecule has 7 heteroatoms. The second kappa shape index (κ2) is 10.9. The van der Waals surface area contributed by atoms with Crippen LogP contribution in [0.4, 0.5) is 5.69 Å². The van der Waals surface area contributed by atoms with Gasteiger partial charge >= 0.3 is 0 Å². The van der Waals surface area contributed by atoms with Crippen molar-refractivity contribution in [2.75, 3.05) is 38.6 Å². The number of carbonyl (C=O) groups is 2. The van der Waals surface area contributed by atoms with Gasteiger partial charge in [0.15, 0.2) is 0 Å². The van der Waals surface area contributed by atoms with Crippen LogP contribution in [0.2, 0.25) is 19.6 Å². The number of likely N-dealkylation sites (tertiary alicyclic amines) is 1. The Morgan fingerprint density at radius 3 is 2.22 bits per heavy atom. The number of ketones is 1. The summed E-state index contributed by atoms with van der Waals surface area (Å²) in [5, 5.41) is 7.84. The van der Waals surface area contributed by atoms with Crippen molar-refractivity contribution in [3.8, 4) is 5.75 Å². The minimum atomic E-state index is -1.38. The molecule has 2 aromatic rings. The average molecular weight is 454 g/mol. The van der Waals surface area contributed by atoms with E-state index in [0.717, 1.165) is 36.6 Å². The number of amides is 1. The Bertz CT molecular complexity index is 898. The van der Waals surface area contributed by atoms with E-state index in [0.29, 0.717) is 25.2 Å². The van der Waals surface area contributed by atoms with Crippen LogP contribution < -0.4 is 20.6 Å². The Balaban J connectivity index is 1.67. The molecule has 1 saturated heterocycles. The van der Waals surface area contributed by atoms with Crippen LogP contribution in [0, 0.1) is 0 Å². The number of Topliss-reactive ketones (excluding diaryl/α,β-unsaturated/α-hetero) is 1. The monoisotopic (exact) mass is 453 g/mol. The molecule has 1 heterocycles. The topological polar surface area (TPSA) is 70.7 Å². The zero-order valence-electron chi connectivity index (χ0n) is 19.6. The lowest BCUT2D eigenvalue weighted by atomic mass is 10.1. The van der Waals surface area contributed by atoms with Crippen LogP contribution in [-0.4, -0.2) is 58.0 Å². The van der Waals surface area contributed by atoms with E-state index in [1.807, 2.05) is 36.4 Å². The van der Waals surface area contributed by atoms with E-state index in [1.54, 1.807) is 7.11 Å². The van der Waals surface area contributed by atoms with E-state index in [4.69, 9.17) is 4.74 Å². The molecule has 32 heavy (non-hydrogen) atoms. The molecule has 0 bridgehead atoms. The van der Waals surface area contributed by atoms with Crippen LogP contribution in [0.15, 0.2) is 48.5 Å². The first kappa shape index (κ1) is 24.2. The molecule has 1 aliphatic heterocycles. The van der Waals surface area contributed by atoms with Crippen LogP contribution in [0.3, 0.4) is 0 Å². The third kappa shape index (κ3) is 6.76. The van der Waals surface area contributed by atoms with Crippen molar-refractivity contribution in [2.24, 2.45) is 0 Å². The fourth-order valence-corrected chi connectivity index (χ4v) is 4.99. The first-order valence-corrected chi connectivity index (χ1v) is 14.8. The van der Waals surface area contributed by atoms with Gasteiger partial charge in [-0.25, -0.2) is 0 Å². The van der Waals surface area contributed by atoms with Crippen LogP contribution in [0.1, 0.15) is 24.4 Å². The second-order valence-corrected chi connectivity index (χ2v) is 14.4. The van der Waals surface area contributed by atoms with Crippen molar-refractivity contribution >= 4 is 30.6 Å². The zero-order chi connectivity index (χ0) is 23.1. The first-order chi connectivity index (χ1) is 15.3. The van der Waals surface area contributed by atoms with E-state index in [9.17, 15) is 9.59 Å². The average Bonchev–Trinajstić information content (AvgIpc) is 2.78. The number of nitrogens with one attached hydrogen (secondary N) is 2. The van der Waals surface area contributed by atoms with Crippen molar-refractivity contribution in [1.29, 1.82) is 0 Å². The normalized spacial score (nSPS) is 15.9. The standard InChI is InChI=1S/C25H35N3O3Si/c1-31-22-9-5-19(6-10-22)24(26-15-18-28-16-13-21(29)14-17-28)25(30)27-20-7-11-23(12-8-20)32(2,3)4/h5-12,24,26H,13-18H2,1-4H3,(H,27,30). The zero-order valence-corrected chi connectivity index (χ0v) is 20.6. The first-order valence-electron chi connectivity index (χ1n) is 11.3. The Kier molecular flexibility index (Phi) is 8.23. The van der Waals surface area contributed by atoms with E-state index in [2.05, 4.69) is 47.3 Å². The van der Waals surface area contributed by atoms with Crippen LogP contribution >= 0.6 is 0 Å². The maximum atomic E-state index is 13.2. The summed E-state index contributed by atoms with van der Waals surface area (Å²) in [6.45, 7) is 9.98. The highest BCUT2D eigenvalue weighted by Crippen LogP contribution is 2.20. The van der Waals surface area contributed by atoms with Crippen molar-refractivity contribution in [3.63, 3.8) is 0 Å². The van der Waals surface area contributed by atoms with Gasteiger partial charge in [-0.3, -0.25) is 9.59 Å². The van der Waals surface area contributed by atoms with Gasteiger partial charge in [0.2, 0.25) is 5.91 Å². The van der Waals surface area contributed by atoms with Gasteiger partial charge in [-0.15, -0.1) is 0 Å². The number of anilines is 1. The van der Waals surface area contributed by atoms with Crippen LogP contribution in [0.25, 0.3) is 0 Å². The molecule has 6 nitrogen and oxygen atoms in total. The van der Waals surface area contributed by atoms with E-state index in [1.165, 1.54) is 5.19 Å². The van der Waals surface area contributed by atoms with E-state index < -0.39 is 14.1 Å². The molecule has 1 unspecified atom stereocenters. The van der Waals surface area contributed by atoms with Gasteiger partial charge in [-0.05, 0) is 29.8 Å². The van der Waals surface area contributed by atoms with Crippen LogP contribution in [-0.2, 0) is 9.59 Å². The molecule has 0 aliphatic carbocycles. The van der Waals surface area contributed by atoms with Gasteiger partial charge in [0, 0.05) is 44.7 Å². The number of benzene rings is 2. The summed E-state index contributed by atoms with van der Waals surface area (Å²) in [5.74, 6) is 1.00. The highest BCUT2D eigenvalue weighted by Gasteiger charge is 2.22. The van der Waals surface area contributed by atoms with Crippen LogP contribution in [0.5, 0.6) is 5.75 Å².